The molecule has 0 radical (unpaired) electrons. The number of rotatable bonds is 0. The second kappa shape index (κ2) is 4.26. The number of hydrogen-bond acceptors (Lipinski definition) is 0. The van der Waals surface area contributed by atoms with Gasteiger partial charge in [0, 0.05) is 0 Å². The third-order valence-corrected chi connectivity index (χ3v) is 18.6. The van der Waals surface area contributed by atoms with Gasteiger partial charge in [0.2, 0.25) is 0 Å². The third-order valence-electron chi connectivity index (χ3n) is 3.09. The Balaban J connectivity index is 3.31. The Morgan fingerprint density at radius 2 is 0.875 bits per heavy atom. The summed E-state index contributed by atoms with van der Waals surface area (Å²) in [7, 11) is 0. The van der Waals surface area contributed by atoms with Crippen molar-refractivity contribution in [1.29, 1.82) is 0 Å². The van der Waals surface area contributed by atoms with Crippen molar-refractivity contribution in [3.8, 4) is 0 Å². The fourth-order valence-electron chi connectivity index (χ4n) is 1.99. The highest BCUT2D eigenvalue weighted by atomic mass is 35.7. The molecule has 0 aromatic heterocycles. The van der Waals surface area contributed by atoms with E-state index in [0.29, 0.717) is 0 Å². The molecular weight excluding hydrogens is 324 g/mol. The minimum absolute atomic E-state index is 0.162. The van der Waals surface area contributed by atoms with Crippen molar-refractivity contribution in [3.05, 3.63) is 0 Å². The molecule has 4 atom stereocenters. The standard InChI is InChI=1S/C10H18Cl4P2/c1-7(2,3)9(11)10(12,8(4,5)6)16(14)15(9)13/h1-6H3. The van der Waals surface area contributed by atoms with Crippen LogP contribution in [0.15, 0.2) is 0 Å². The Morgan fingerprint density at radius 1 is 0.688 bits per heavy atom. The molecule has 6 heteroatoms. The van der Waals surface area contributed by atoms with Gasteiger partial charge in [-0.15, -0.1) is 23.2 Å². The summed E-state index contributed by atoms with van der Waals surface area (Å²) in [6, 6.07) is 0. The highest BCUT2D eigenvalue weighted by Gasteiger charge is 2.78. The molecule has 1 aliphatic rings. The van der Waals surface area contributed by atoms with Gasteiger partial charge in [0.25, 0.3) is 0 Å². The molecule has 0 spiro atoms. The van der Waals surface area contributed by atoms with Gasteiger partial charge in [-0.1, -0.05) is 64.0 Å². The van der Waals surface area contributed by atoms with E-state index < -0.39 is 23.2 Å². The van der Waals surface area contributed by atoms with E-state index in [9.17, 15) is 0 Å². The summed E-state index contributed by atoms with van der Waals surface area (Å²) in [4.78, 5) is 0. The fraction of sp³-hybridized carbons (Fsp3) is 1.00. The molecule has 1 aliphatic heterocycles. The molecule has 0 aliphatic carbocycles. The monoisotopic (exact) mass is 340 g/mol. The Labute approximate surface area is 121 Å². The normalized spacial score (nSPS) is 45.4. The van der Waals surface area contributed by atoms with Crippen molar-refractivity contribution in [1.82, 2.24) is 0 Å². The van der Waals surface area contributed by atoms with Crippen LogP contribution >= 0.6 is 59.6 Å². The van der Waals surface area contributed by atoms with Gasteiger partial charge < -0.3 is 0 Å². The van der Waals surface area contributed by atoms with Crippen LogP contribution in [-0.4, -0.2) is 9.23 Å². The summed E-state index contributed by atoms with van der Waals surface area (Å²) in [6.07, 6.45) is 0. The van der Waals surface area contributed by atoms with Gasteiger partial charge in [-0.2, -0.15) is 0 Å². The molecule has 0 saturated carbocycles. The van der Waals surface area contributed by atoms with Crippen molar-refractivity contribution in [2.75, 3.05) is 0 Å². The Kier molecular flexibility index (Phi) is 4.28. The number of hydrogen-bond donors (Lipinski definition) is 0. The summed E-state index contributed by atoms with van der Waals surface area (Å²) >= 11 is 26.5. The lowest BCUT2D eigenvalue weighted by molar-refractivity contribution is 0.234. The van der Waals surface area contributed by atoms with E-state index in [1.165, 1.54) is 0 Å². The first kappa shape index (κ1) is 16.1. The van der Waals surface area contributed by atoms with Crippen LogP contribution in [0.1, 0.15) is 41.5 Å². The smallest absolute Gasteiger partial charge is 0.109 e. The summed E-state index contributed by atoms with van der Waals surface area (Å²) in [6.45, 7) is 10.6. The first-order valence-corrected chi connectivity index (χ1v) is 11.1. The second-order valence-corrected chi connectivity index (χ2v) is 16.2. The molecule has 1 saturated heterocycles. The van der Waals surface area contributed by atoms with Crippen LogP contribution in [0.3, 0.4) is 0 Å². The van der Waals surface area contributed by atoms with Crippen LogP contribution in [0.4, 0.5) is 0 Å². The first-order valence-electron chi connectivity index (χ1n) is 5.11. The lowest BCUT2D eigenvalue weighted by Crippen LogP contribution is -2.62. The van der Waals surface area contributed by atoms with E-state index in [-0.39, 0.29) is 10.8 Å². The second-order valence-electron chi connectivity index (χ2n) is 6.26. The molecule has 0 aromatic carbocycles. The maximum absolute atomic E-state index is 6.82. The van der Waals surface area contributed by atoms with Crippen LogP contribution < -0.4 is 0 Å². The van der Waals surface area contributed by atoms with Crippen LogP contribution in [0.25, 0.3) is 0 Å². The molecule has 0 nitrogen and oxygen atoms in total. The van der Waals surface area contributed by atoms with Gasteiger partial charge in [-0.05, 0) is 10.8 Å². The average Bonchev–Trinajstić information content (AvgIpc) is 2.09. The van der Waals surface area contributed by atoms with Crippen molar-refractivity contribution < 1.29 is 0 Å². The molecule has 1 fully saturated rings. The Morgan fingerprint density at radius 3 is 1.00 bits per heavy atom. The molecule has 4 unspecified atom stereocenters. The Hall–Kier alpha value is 2.02. The predicted molar refractivity (Wildman–Crippen MR) is 81.6 cm³/mol. The summed E-state index contributed by atoms with van der Waals surface area (Å²) < 4.78 is -1.21. The third kappa shape index (κ3) is 1.78. The van der Waals surface area contributed by atoms with Crippen LogP contribution in [0.5, 0.6) is 0 Å². The van der Waals surface area contributed by atoms with Crippen LogP contribution in [-0.2, 0) is 0 Å². The largest absolute Gasteiger partial charge is 0.113 e. The maximum Gasteiger partial charge on any atom is 0.113 e. The van der Waals surface area contributed by atoms with Gasteiger partial charge in [0.15, 0.2) is 0 Å². The number of alkyl halides is 2. The lowest BCUT2D eigenvalue weighted by Gasteiger charge is -2.68. The fourth-order valence-corrected chi connectivity index (χ4v) is 17.2. The van der Waals surface area contributed by atoms with E-state index in [4.69, 9.17) is 45.7 Å². The Bertz CT molecular complexity index is 266. The molecule has 16 heavy (non-hydrogen) atoms. The first-order chi connectivity index (χ1) is 6.82. The topological polar surface area (TPSA) is 0 Å². The van der Waals surface area contributed by atoms with Crippen molar-refractivity contribution >= 4 is 59.6 Å². The maximum atomic E-state index is 6.82. The zero-order valence-electron chi connectivity index (χ0n) is 10.4. The molecule has 96 valence electrons. The zero-order valence-corrected chi connectivity index (χ0v) is 15.2. The highest BCUT2D eigenvalue weighted by Crippen LogP contribution is 3.05. The van der Waals surface area contributed by atoms with Gasteiger partial charge >= 0.3 is 0 Å². The quantitative estimate of drug-likeness (QED) is 0.324. The van der Waals surface area contributed by atoms with Gasteiger partial charge in [0.1, 0.15) is 9.23 Å². The molecule has 0 aromatic rings. The van der Waals surface area contributed by atoms with E-state index in [1.807, 2.05) is 0 Å². The van der Waals surface area contributed by atoms with Crippen LogP contribution in [0, 0.1) is 10.8 Å². The van der Waals surface area contributed by atoms with E-state index in [0.717, 1.165) is 0 Å². The van der Waals surface area contributed by atoms with Gasteiger partial charge in [-0.25, -0.2) is 0 Å². The summed E-state index contributed by atoms with van der Waals surface area (Å²) in [5, 5.41) is 0. The van der Waals surface area contributed by atoms with Crippen molar-refractivity contribution in [2.24, 2.45) is 10.8 Å². The van der Waals surface area contributed by atoms with E-state index in [1.54, 1.807) is 0 Å². The minimum atomic E-state index is -0.929. The molecule has 0 bridgehead atoms. The molecule has 0 N–H and O–H groups in total. The average molecular weight is 342 g/mol. The summed E-state index contributed by atoms with van der Waals surface area (Å²) in [5.74, 6) is 0. The van der Waals surface area contributed by atoms with Gasteiger partial charge in [0.05, 0.1) is 13.9 Å². The molecule has 0 amide bonds. The lowest BCUT2D eigenvalue weighted by atomic mass is 9.79. The van der Waals surface area contributed by atoms with Crippen molar-refractivity contribution in [2.45, 2.75) is 50.8 Å². The number of halogens is 4. The van der Waals surface area contributed by atoms with Crippen molar-refractivity contribution in [3.63, 3.8) is 0 Å². The zero-order chi connectivity index (χ0) is 13.2. The van der Waals surface area contributed by atoms with Gasteiger partial charge in [-0.3, -0.25) is 0 Å². The molecule has 1 rings (SSSR count). The SMILES string of the molecule is CC(C)(C)C1(Cl)P(Cl)P(Cl)C1(Cl)C(C)(C)C. The van der Waals surface area contributed by atoms with E-state index >= 15 is 0 Å². The molecule has 1 heterocycles. The highest BCUT2D eigenvalue weighted by molar-refractivity contribution is 8.53. The molecular formula is C10H18Cl4P2. The predicted octanol–water partition coefficient (Wildman–Crippen LogP) is 7.15. The minimum Gasteiger partial charge on any atom is -0.109 e. The van der Waals surface area contributed by atoms with Crippen LogP contribution in [0.2, 0.25) is 0 Å². The van der Waals surface area contributed by atoms with E-state index in [2.05, 4.69) is 41.5 Å². The summed E-state index contributed by atoms with van der Waals surface area (Å²) in [5.41, 5.74) is -0.324.